The van der Waals surface area contributed by atoms with Crippen molar-refractivity contribution in [1.29, 1.82) is 0 Å². The minimum atomic E-state index is -0.106. The van der Waals surface area contributed by atoms with E-state index in [9.17, 15) is 0 Å². The van der Waals surface area contributed by atoms with Gasteiger partial charge in [0.05, 0.1) is 0 Å². The van der Waals surface area contributed by atoms with Gasteiger partial charge in [0.25, 0.3) is 0 Å². The van der Waals surface area contributed by atoms with E-state index in [4.69, 9.17) is 0 Å². The Morgan fingerprint density at radius 1 is 0.452 bits per heavy atom. The van der Waals surface area contributed by atoms with E-state index in [2.05, 4.69) is 130 Å². The molecule has 0 unspecified atom stereocenters. The Bertz CT molecular complexity index is 813. The Kier molecular flexibility index (Phi) is 10.1. The Labute approximate surface area is 214 Å². The second kappa shape index (κ2) is 11.4. The molecular weight excluding hydrogens is 528 g/mol. The summed E-state index contributed by atoms with van der Waals surface area (Å²) >= 11 is 1.06. The van der Waals surface area contributed by atoms with E-state index in [1.54, 1.807) is 0 Å². The van der Waals surface area contributed by atoms with Gasteiger partial charge in [-0.3, -0.25) is 0 Å². The van der Waals surface area contributed by atoms with Crippen molar-refractivity contribution >= 4 is 41.4 Å². The van der Waals surface area contributed by atoms with E-state index >= 15 is 0 Å². The Morgan fingerprint density at radius 2 is 0.645 bits per heavy atom. The topological polar surface area (TPSA) is 9.72 Å². The molecule has 0 N–H and O–H groups in total. The minimum absolute atomic E-state index is 0. The SMILES string of the molecule is CN(C)c1ccc([C]([In+2])(c2ccc(N(C)C)cc2)c2ccc(N(C)C)cc2)cc1.[Cl-].[Cl-]. The van der Waals surface area contributed by atoms with Crippen molar-refractivity contribution in [3.8, 4) is 0 Å². The van der Waals surface area contributed by atoms with Gasteiger partial charge in [-0.2, -0.15) is 0 Å². The molecule has 0 fully saturated rings. The molecule has 162 valence electrons. The van der Waals surface area contributed by atoms with Crippen LogP contribution in [0.1, 0.15) is 16.7 Å². The number of benzene rings is 3. The number of halogens is 2. The van der Waals surface area contributed by atoms with Crippen LogP contribution in [0.2, 0.25) is 0 Å². The molecule has 0 spiro atoms. The third kappa shape index (κ3) is 5.85. The summed E-state index contributed by atoms with van der Waals surface area (Å²) < 4.78 is -0.106. The maximum Gasteiger partial charge on any atom is -1.00 e. The summed E-state index contributed by atoms with van der Waals surface area (Å²) in [5.74, 6) is 0. The van der Waals surface area contributed by atoms with Crippen LogP contribution in [0.3, 0.4) is 0 Å². The average molecular weight is 558 g/mol. The van der Waals surface area contributed by atoms with E-state index in [-0.39, 0.29) is 28.0 Å². The number of hydrogen-bond donors (Lipinski definition) is 0. The van der Waals surface area contributed by atoms with Gasteiger partial charge in [0.1, 0.15) is 0 Å². The first-order valence-electron chi connectivity index (χ1n) is 9.86. The maximum atomic E-state index is 2.29. The van der Waals surface area contributed by atoms with Crippen LogP contribution >= 0.6 is 0 Å². The monoisotopic (exact) mass is 557 g/mol. The molecule has 3 aromatic rings. The van der Waals surface area contributed by atoms with Crippen molar-refractivity contribution in [2.24, 2.45) is 0 Å². The van der Waals surface area contributed by atoms with Crippen LogP contribution in [0.25, 0.3) is 0 Å². The summed E-state index contributed by atoms with van der Waals surface area (Å²) in [5, 5.41) is 0. The zero-order valence-corrected chi connectivity index (χ0v) is 23.9. The number of anilines is 3. The molecule has 0 aliphatic carbocycles. The summed E-state index contributed by atoms with van der Waals surface area (Å²) in [4.78, 5) is 6.45. The van der Waals surface area contributed by atoms with Crippen LogP contribution < -0.4 is 39.5 Å². The smallest absolute Gasteiger partial charge is 1.00 e. The van der Waals surface area contributed by atoms with E-state index in [0.717, 1.165) is 24.4 Å². The molecule has 3 rings (SSSR count). The summed E-state index contributed by atoms with van der Waals surface area (Å²) in [6.07, 6.45) is 0. The Balaban J connectivity index is 0.00000240. The standard InChI is InChI=1S/C25H30N3.2ClH.In/c1-26(2)22-13-7-19(8-14-22)25(20-9-15-23(16-10-20)27(3)4)21-11-17-24(18-12-21)28(5)6;;;/h7-18H,1-6H3;2*1H;/q;;;+2/p-2. The van der Waals surface area contributed by atoms with Crippen LogP contribution in [-0.4, -0.2) is 66.7 Å². The van der Waals surface area contributed by atoms with Crippen molar-refractivity contribution in [1.82, 2.24) is 0 Å². The molecular formula is C25H30Cl2InN3. The molecule has 31 heavy (non-hydrogen) atoms. The largest absolute Gasteiger partial charge is 1.00 e. The average Bonchev–Trinajstić information content (AvgIpc) is 2.73. The third-order valence-corrected chi connectivity index (χ3v) is 8.37. The van der Waals surface area contributed by atoms with Gasteiger partial charge < -0.3 is 24.8 Å². The van der Waals surface area contributed by atoms with Crippen molar-refractivity contribution in [3.05, 3.63) is 89.5 Å². The Morgan fingerprint density at radius 3 is 0.806 bits per heavy atom. The van der Waals surface area contributed by atoms with Crippen LogP contribution in [0, 0.1) is 0 Å². The first-order chi connectivity index (χ1) is 13.7. The van der Waals surface area contributed by atoms with Gasteiger partial charge >= 0.3 is 191 Å². The molecule has 0 aromatic heterocycles. The fourth-order valence-electron chi connectivity index (χ4n) is 3.57. The predicted molar refractivity (Wildman–Crippen MR) is 128 cm³/mol. The van der Waals surface area contributed by atoms with Crippen LogP contribution in [0.5, 0.6) is 0 Å². The second-order valence-electron chi connectivity index (χ2n) is 8.13. The second-order valence-corrected chi connectivity index (χ2v) is 10.6. The van der Waals surface area contributed by atoms with Crippen molar-refractivity contribution < 1.29 is 24.8 Å². The first-order valence-corrected chi connectivity index (χ1v) is 11.5. The zero-order chi connectivity index (χ0) is 21.2. The molecule has 6 heteroatoms. The summed E-state index contributed by atoms with van der Waals surface area (Å²) in [6, 6.07) is 27.1. The van der Waals surface area contributed by atoms with Crippen LogP contribution in [0.4, 0.5) is 17.1 Å². The fourth-order valence-corrected chi connectivity index (χ4v) is 5.22. The molecule has 0 saturated heterocycles. The first kappa shape index (κ1) is 27.5. The van der Waals surface area contributed by atoms with Gasteiger partial charge in [0, 0.05) is 0 Å². The van der Waals surface area contributed by atoms with Gasteiger partial charge in [-0.25, -0.2) is 0 Å². The van der Waals surface area contributed by atoms with Crippen LogP contribution in [0.15, 0.2) is 72.8 Å². The quantitative estimate of drug-likeness (QED) is 0.337. The fraction of sp³-hybridized carbons (Fsp3) is 0.280. The maximum absolute atomic E-state index is 2.29. The van der Waals surface area contributed by atoms with Crippen molar-refractivity contribution in [2.45, 2.75) is 3.17 Å². The van der Waals surface area contributed by atoms with E-state index < -0.39 is 0 Å². The Hall–Kier alpha value is -1.49. The van der Waals surface area contributed by atoms with Gasteiger partial charge in [0.15, 0.2) is 0 Å². The number of nitrogens with zero attached hydrogens (tertiary/aromatic N) is 3. The van der Waals surface area contributed by atoms with Gasteiger partial charge in [-0.05, 0) is 0 Å². The molecule has 3 aromatic carbocycles. The van der Waals surface area contributed by atoms with E-state index in [0.29, 0.717) is 0 Å². The molecule has 0 heterocycles. The molecule has 0 aliphatic rings. The molecule has 0 aliphatic heterocycles. The van der Waals surface area contributed by atoms with Gasteiger partial charge in [-0.1, -0.05) is 0 Å². The molecule has 0 radical (unpaired) electrons. The van der Waals surface area contributed by atoms with E-state index in [1.807, 2.05) is 0 Å². The normalized spacial score (nSPS) is 10.6. The molecule has 0 amide bonds. The summed E-state index contributed by atoms with van der Waals surface area (Å²) in [6.45, 7) is 0. The summed E-state index contributed by atoms with van der Waals surface area (Å²) in [7, 11) is 12.5. The number of hydrogen-bond acceptors (Lipinski definition) is 3. The number of rotatable bonds is 6. The zero-order valence-electron chi connectivity index (χ0n) is 19.1. The summed E-state index contributed by atoms with van der Waals surface area (Å²) in [5.41, 5.74) is 7.72. The van der Waals surface area contributed by atoms with E-state index in [1.165, 1.54) is 33.8 Å². The molecule has 0 atom stereocenters. The molecule has 0 bridgehead atoms. The van der Waals surface area contributed by atoms with Gasteiger partial charge in [-0.15, -0.1) is 0 Å². The van der Waals surface area contributed by atoms with Crippen LogP contribution in [-0.2, 0) is 3.17 Å². The van der Waals surface area contributed by atoms with Gasteiger partial charge in [0.2, 0.25) is 0 Å². The predicted octanol–water partition coefficient (Wildman–Crippen LogP) is -1.65. The van der Waals surface area contributed by atoms with Crippen molar-refractivity contribution in [2.75, 3.05) is 57.0 Å². The van der Waals surface area contributed by atoms with Crippen molar-refractivity contribution in [3.63, 3.8) is 0 Å². The molecule has 0 saturated carbocycles. The minimum Gasteiger partial charge on any atom is -1.00 e. The third-order valence-electron chi connectivity index (χ3n) is 5.52. The molecule has 3 nitrogen and oxygen atoms in total.